The number of ether oxygens (including phenoxy) is 3. The molecule has 0 radical (unpaired) electrons. The Labute approximate surface area is 149 Å². The highest BCUT2D eigenvalue weighted by Crippen LogP contribution is 2.34. The van der Waals surface area contributed by atoms with Gasteiger partial charge in [0.05, 0.1) is 21.3 Å². The molecular formula is C20H27NO4. The summed E-state index contributed by atoms with van der Waals surface area (Å²) < 4.78 is 16.1. The van der Waals surface area contributed by atoms with Crippen LogP contribution in [-0.2, 0) is 13.0 Å². The summed E-state index contributed by atoms with van der Waals surface area (Å²) in [6.45, 7) is 2.84. The number of phenols is 1. The fourth-order valence-electron chi connectivity index (χ4n) is 2.66. The average Bonchev–Trinajstić information content (AvgIpc) is 2.65. The first-order valence-electron chi connectivity index (χ1n) is 8.37. The van der Waals surface area contributed by atoms with E-state index in [4.69, 9.17) is 14.2 Å². The van der Waals surface area contributed by atoms with Crippen LogP contribution in [0.25, 0.3) is 0 Å². The Bertz CT molecular complexity index is 670. The second-order valence-corrected chi connectivity index (χ2v) is 6.01. The highest BCUT2D eigenvalue weighted by Gasteiger charge is 2.12. The summed E-state index contributed by atoms with van der Waals surface area (Å²) in [4.78, 5) is 0. The number of methoxy groups -OCH3 is 3. The third-order valence-electron chi connectivity index (χ3n) is 4.23. The average molecular weight is 345 g/mol. The molecule has 0 bridgehead atoms. The number of hydrogen-bond acceptors (Lipinski definition) is 5. The van der Waals surface area contributed by atoms with Gasteiger partial charge in [-0.1, -0.05) is 12.1 Å². The van der Waals surface area contributed by atoms with E-state index in [9.17, 15) is 5.11 Å². The lowest BCUT2D eigenvalue weighted by Crippen LogP contribution is -2.26. The maximum absolute atomic E-state index is 9.33. The van der Waals surface area contributed by atoms with E-state index in [2.05, 4.69) is 12.2 Å². The minimum absolute atomic E-state index is 0.301. The lowest BCUT2D eigenvalue weighted by molar-refractivity contribution is 0.346. The Morgan fingerprint density at radius 1 is 0.920 bits per heavy atom. The molecule has 25 heavy (non-hydrogen) atoms. The molecule has 0 aliphatic carbocycles. The van der Waals surface area contributed by atoms with Crippen molar-refractivity contribution in [1.29, 1.82) is 0 Å². The molecule has 1 atom stereocenters. The van der Waals surface area contributed by atoms with Crippen molar-refractivity contribution in [3.8, 4) is 23.0 Å². The third-order valence-corrected chi connectivity index (χ3v) is 4.23. The van der Waals surface area contributed by atoms with Gasteiger partial charge in [0, 0.05) is 24.2 Å². The summed E-state index contributed by atoms with van der Waals surface area (Å²) in [5.41, 5.74) is 2.24. The number of aryl methyl sites for hydroxylation is 1. The van der Waals surface area contributed by atoms with Gasteiger partial charge in [0.15, 0.2) is 11.5 Å². The van der Waals surface area contributed by atoms with E-state index in [-0.39, 0.29) is 0 Å². The van der Waals surface area contributed by atoms with Crippen molar-refractivity contribution in [2.75, 3.05) is 21.3 Å². The quantitative estimate of drug-likeness (QED) is 0.728. The molecule has 0 fully saturated rings. The molecule has 1 unspecified atom stereocenters. The first kappa shape index (κ1) is 18.9. The van der Waals surface area contributed by atoms with E-state index in [1.165, 1.54) is 5.56 Å². The molecule has 2 N–H and O–H groups in total. The van der Waals surface area contributed by atoms with Crippen molar-refractivity contribution in [3.63, 3.8) is 0 Å². The summed E-state index contributed by atoms with van der Waals surface area (Å²) in [5, 5.41) is 12.8. The van der Waals surface area contributed by atoms with Crippen LogP contribution < -0.4 is 19.5 Å². The molecule has 0 heterocycles. The zero-order valence-corrected chi connectivity index (χ0v) is 15.3. The van der Waals surface area contributed by atoms with Gasteiger partial charge >= 0.3 is 0 Å². The first-order valence-corrected chi connectivity index (χ1v) is 8.37. The summed E-state index contributed by atoms with van der Waals surface area (Å²) in [5.74, 6) is 2.42. The van der Waals surface area contributed by atoms with Gasteiger partial charge in [0.25, 0.3) is 0 Å². The highest BCUT2D eigenvalue weighted by molar-refractivity contribution is 5.50. The van der Waals surface area contributed by atoms with Gasteiger partial charge in [-0.2, -0.15) is 0 Å². The topological polar surface area (TPSA) is 60.0 Å². The van der Waals surface area contributed by atoms with Crippen LogP contribution in [0.5, 0.6) is 23.0 Å². The van der Waals surface area contributed by atoms with Crippen LogP contribution >= 0.6 is 0 Å². The number of rotatable bonds is 9. The third kappa shape index (κ3) is 5.29. The van der Waals surface area contributed by atoms with E-state index in [0.717, 1.165) is 24.2 Å². The molecule has 0 amide bonds. The SMILES string of the molecule is COc1cc(OC)c(OC)cc1CNC(C)CCc1ccc(O)cc1. The standard InChI is InChI=1S/C20H27NO4/c1-14(5-6-15-7-9-17(22)10-8-15)21-13-16-11-19(24-3)20(25-4)12-18(16)23-2/h7-12,14,21-22H,5-6,13H2,1-4H3. The van der Waals surface area contributed by atoms with Gasteiger partial charge in [-0.25, -0.2) is 0 Å². The molecule has 2 aromatic rings. The predicted molar refractivity (Wildman–Crippen MR) is 98.8 cm³/mol. The highest BCUT2D eigenvalue weighted by atomic mass is 16.5. The normalized spacial score (nSPS) is 11.8. The van der Waals surface area contributed by atoms with Crippen LogP contribution in [0.15, 0.2) is 36.4 Å². The molecule has 136 valence electrons. The van der Waals surface area contributed by atoms with Crippen molar-refractivity contribution < 1.29 is 19.3 Å². The molecule has 2 aromatic carbocycles. The van der Waals surface area contributed by atoms with Gasteiger partial charge in [-0.05, 0) is 43.5 Å². The summed E-state index contributed by atoms with van der Waals surface area (Å²) in [6, 6.07) is 11.5. The van der Waals surface area contributed by atoms with Crippen LogP contribution in [-0.4, -0.2) is 32.5 Å². The molecule has 0 spiro atoms. The van der Waals surface area contributed by atoms with Gasteiger partial charge in [-0.3, -0.25) is 0 Å². The Hall–Kier alpha value is -2.40. The fourth-order valence-corrected chi connectivity index (χ4v) is 2.66. The minimum atomic E-state index is 0.301. The molecule has 0 aromatic heterocycles. The van der Waals surface area contributed by atoms with Crippen molar-refractivity contribution in [1.82, 2.24) is 5.32 Å². The van der Waals surface area contributed by atoms with Crippen LogP contribution in [0.1, 0.15) is 24.5 Å². The van der Waals surface area contributed by atoms with Crippen molar-refractivity contribution in [3.05, 3.63) is 47.5 Å². The number of phenolic OH excluding ortho intramolecular Hbond substituents is 1. The van der Waals surface area contributed by atoms with E-state index in [1.807, 2.05) is 24.3 Å². The van der Waals surface area contributed by atoms with Gasteiger partial charge in [0.1, 0.15) is 11.5 Å². The number of benzene rings is 2. The Balaban J connectivity index is 1.94. The predicted octanol–water partition coefficient (Wildman–Crippen LogP) is 3.53. The zero-order valence-electron chi connectivity index (χ0n) is 15.3. The number of nitrogens with one attached hydrogen (secondary N) is 1. The molecular weight excluding hydrogens is 318 g/mol. The lowest BCUT2D eigenvalue weighted by atomic mass is 10.1. The molecule has 5 heteroatoms. The maximum atomic E-state index is 9.33. The summed E-state index contributed by atoms with van der Waals surface area (Å²) >= 11 is 0. The van der Waals surface area contributed by atoms with Crippen LogP contribution in [0.3, 0.4) is 0 Å². The summed E-state index contributed by atoms with van der Waals surface area (Å²) in [7, 11) is 4.89. The largest absolute Gasteiger partial charge is 0.508 e. The first-order chi connectivity index (χ1) is 12.1. The molecule has 5 nitrogen and oxygen atoms in total. The Kier molecular flexibility index (Phi) is 6.95. The van der Waals surface area contributed by atoms with E-state index in [0.29, 0.717) is 29.8 Å². The monoisotopic (exact) mass is 345 g/mol. The van der Waals surface area contributed by atoms with Crippen molar-refractivity contribution >= 4 is 0 Å². The summed E-state index contributed by atoms with van der Waals surface area (Å²) in [6.07, 6.45) is 1.96. The second-order valence-electron chi connectivity index (χ2n) is 6.01. The fraction of sp³-hybridized carbons (Fsp3) is 0.400. The number of aromatic hydroxyl groups is 1. The minimum Gasteiger partial charge on any atom is -0.508 e. The van der Waals surface area contributed by atoms with Crippen LogP contribution in [0.2, 0.25) is 0 Å². The Morgan fingerprint density at radius 3 is 2.12 bits per heavy atom. The van der Waals surface area contributed by atoms with E-state index >= 15 is 0 Å². The molecule has 0 saturated carbocycles. The molecule has 0 aliphatic heterocycles. The molecule has 0 aliphatic rings. The number of hydrogen-bond donors (Lipinski definition) is 2. The van der Waals surface area contributed by atoms with Crippen molar-refractivity contribution in [2.45, 2.75) is 32.4 Å². The Morgan fingerprint density at radius 2 is 1.52 bits per heavy atom. The second kappa shape index (κ2) is 9.18. The zero-order chi connectivity index (χ0) is 18.2. The molecule has 2 rings (SSSR count). The molecule has 0 saturated heterocycles. The van der Waals surface area contributed by atoms with Gasteiger partial charge < -0.3 is 24.6 Å². The van der Waals surface area contributed by atoms with Gasteiger partial charge in [0.2, 0.25) is 0 Å². The van der Waals surface area contributed by atoms with Crippen molar-refractivity contribution in [2.24, 2.45) is 0 Å². The van der Waals surface area contributed by atoms with Crippen LogP contribution in [0.4, 0.5) is 0 Å². The maximum Gasteiger partial charge on any atom is 0.164 e. The van der Waals surface area contributed by atoms with E-state index < -0.39 is 0 Å². The van der Waals surface area contributed by atoms with Crippen LogP contribution in [0, 0.1) is 0 Å². The lowest BCUT2D eigenvalue weighted by Gasteiger charge is -2.17. The smallest absolute Gasteiger partial charge is 0.164 e. The van der Waals surface area contributed by atoms with Gasteiger partial charge in [-0.15, -0.1) is 0 Å². The van der Waals surface area contributed by atoms with E-state index in [1.54, 1.807) is 33.5 Å².